The highest BCUT2D eigenvalue weighted by molar-refractivity contribution is 8.77. The van der Waals surface area contributed by atoms with Gasteiger partial charge in [0.05, 0.1) is 0 Å². The number of hydrogen-bond donors (Lipinski definition) is 16. The third kappa shape index (κ3) is 65.7. The maximum absolute atomic E-state index is 12.5. The van der Waals surface area contributed by atoms with Crippen molar-refractivity contribution in [1.29, 1.82) is 0 Å². The topological polar surface area (TPSA) is 336 Å². The number of aliphatic hydroxyl groups is 8. The number of amides is 1. The van der Waals surface area contributed by atoms with Crippen LogP contribution in [0.4, 0.5) is 0 Å². The lowest BCUT2D eigenvalue weighted by Gasteiger charge is -2.28. The molecule has 3 unspecified atom stereocenters. The molecule has 0 aliphatic heterocycles. The molecule has 0 aromatic heterocycles. The molecule has 5 atom stereocenters. The Morgan fingerprint density at radius 3 is 1.27 bits per heavy atom. The molecular formula is C65H141N13O10S4. The first-order chi connectivity index (χ1) is 44.9. The number of hydrogen-bond acceptors (Lipinski definition) is 26. The molecule has 0 heterocycles. The average Bonchev–Trinajstić information content (AvgIpc) is 3.66. The van der Waals surface area contributed by atoms with Crippen molar-refractivity contribution in [2.75, 3.05) is 193 Å². The van der Waals surface area contributed by atoms with Crippen molar-refractivity contribution in [2.45, 2.75) is 211 Å². The van der Waals surface area contributed by atoms with Crippen LogP contribution >= 0.6 is 43.2 Å². The quantitative estimate of drug-likeness (QED) is 0.0179. The maximum Gasteiger partial charge on any atom is 0.220 e. The highest BCUT2D eigenvalue weighted by Gasteiger charge is 2.17. The second-order valence-electron chi connectivity index (χ2n) is 24.4. The monoisotopic (exact) mass is 1390 g/mol. The van der Waals surface area contributed by atoms with Gasteiger partial charge >= 0.3 is 0 Å². The van der Waals surface area contributed by atoms with Gasteiger partial charge in [0.15, 0.2) is 0 Å². The second-order valence-corrected chi connectivity index (χ2v) is 29.8. The fraction of sp³-hybridized carbons (Fsp3) is 0.969. The summed E-state index contributed by atoms with van der Waals surface area (Å²) in [7, 11) is 7.24. The number of aldehydes is 1. The van der Waals surface area contributed by atoms with Crippen molar-refractivity contribution < 1.29 is 50.4 Å². The van der Waals surface area contributed by atoms with Gasteiger partial charge in [-0.2, -0.15) is 0 Å². The lowest BCUT2D eigenvalue weighted by atomic mass is 10.0. The molecule has 0 aliphatic rings. The van der Waals surface area contributed by atoms with Crippen LogP contribution in [0.25, 0.3) is 0 Å². The van der Waals surface area contributed by atoms with E-state index in [1.165, 1.54) is 109 Å². The van der Waals surface area contributed by atoms with Crippen LogP contribution in [0.5, 0.6) is 0 Å². The van der Waals surface area contributed by atoms with E-state index in [0.717, 1.165) is 81.7 Å². The van der Waals surface area contributed by atoms with Crippen LogP contribution in [0, 0.1) is 0 Å². The van der Waals surface area contributed by atoms with Crippen LogP contribution in [0.15, 0.2) is 0 Å². The van der Waals surface area contributed by atoms with E-state index in [1.807, 2.05) is 10.8 Å². The standard InChI is InChI=1S/C65H141N13O10S4/c1-2-3-4-5-6-7-8-9-10-11-12-13-14-15-16-17-18-56-89-90-57-28-65(88)71-32-31-70-62(85)25-43-76(42-24-61(84)69-30-29-66)48-35-73-64(87)27-45-77(44-26-63(86)72-34-47-74(37-19-52-79)38-20-53-80)51-59-92-91-58-36-68-33-46-78(41-23-60(67)83)50-49-75(39-21-54-81)40-22-55-82/h52,60-64,68-70,72-73,80-87H,2-51,53-59,66-67H2,1H3,(H,71,88)/t60?,61-,62?,63?,64-/m0/s1. The highest BCUT2D eigenvalue weighted by Crippen LogP contribution is 2.24. The van der Waals surface area contributed by atoms with E-state index in [4.69, 9.17) is 11.5 Å². The molecule has 550 valence electrons. The minimum absolute atomic E-state index is 0.0164. The van der Waals surface area contributed by atoms with E-state index in [-0.39, 0.29) is 25.7 Å². The number of unbranched alkanes of at least 4 members (excludes halogenated alkanes) is 16. The molecule has 0 saturated heterocycles. The molecule has 27 heteroatoms. The van der Waals surface area contributed by atoms with E-state index in [2.05, 4.69) is 63.3 Å². The molecule has 0 aliphatic carbocycles. The Labute approximate surface area is 575 Å². The summed E-state index contributed by atoms with van der Waals surface area (Å²) >= 11 is 0. The molecule has 0 rings (SSSR count). The Kier molecular flexibility index (Phi) is 71.8. The predicted molar refractivity (Wildman–Crippen MR) is 391 cm³/mol. The summed E-state index contributed by atoms with van der Waals surface area (Å²) in [6.45, 7) is 17.2. The zero-order valence-corrected chi connectivity index (χ0v) is 61.0. The molecule has 1 amide bonds. The van der Waals surface area contributed by atoms with Gasteiger partial charge in [-0.05, 0) is 57.8 Å². The van der Waals surface area contributed by atoms with Crippen molar-refractivity contribution in [3.8, 4) is 0 Å². The zero-order chi connectivity index (χ0) is 67.4. The Hall–Kier alpha value is -0.260. The SMILES string of the molecule is CCCCCCCCCCCCCCCCCCCSSCCC(=O)NCCNC(O)CCN(CCN[C@@H](O)CCN(CCSSCCNCCN(CCC(N)O)CCN(CCCO)CCCO)CCC(O)NCCN(CCC=O)CCCO)CC[C@H](O)NCCN. The van der Waals surface area contributed by atoms with E-state index >= 15 is 0 Å². The minimum atomic E-state index is -0.870. The molecule has 18 N–H and O–H groups in total. The smallest absolute Gasteiger partial charge is 0.220 e. The lowest BCUT2D eigenvalue weighted by molar-refractivity contribution is -0.120. The van der Waals surface area contributed by atoms with Crippen LogP contribution < -0.4 is 43.4 Å². The fourth-order valence-corrected chi connectivity index (χ4v) is 14.6. The van der Waals surface area contributed by atoms with Crippen molar-refractivity contribution in [1.82, 2.24) is 56.4 Å². The first kappa shape index (κ1) is 91.7. The average molecular weight is 1390 g/mol. The molecule has 0 aromatic rings. The first-order valence-electron chi connectivity index (χ1n) is 36.0. The molecular weight excluding hydrogens is 1250 g/mol. The number of aliphatic hydroxyl groups excluding tert-OH is 8. The number of carbonyl (C=O) groups excluding carboxylic acids is 2. The van der Waals surface area contributed by atoms with Gasteiger partial charge in [-0.1, -0.05) is 153 Å². The van der Waals surface area contributed by atoms with Crippen molar-refractivity contribution in [3.63, 3.8) is 0 Å². The molecule has 0 bridgehead atoms. The Morgan fingerprint density at radius 1 is 0.402 bits per heavy atom. The zero-order valence-electron chi connectivity index (χ0n) is 57.7. The normalized spacial score (nSPS) is 13.8. The van der Waals surface area contributed by atoms with E-state index in [0.29, 0.717) is 162 Å². The summed E-state index contributed by atoms with van der Waals surface area (Å²) in [5.74, 6) is 3.68. The van der Waals surface area contributed by atoms with Gasteiger partial charge in [0.25, 0.3) is 0 Å². The van der Waals surface area contributed by atoms with Crippen LogP contribution in [0.3, 0.4) is 0 Å². The largest absolute Gasteiger partial charge is 0.396 e. The van der Waals surface area contributed by atoms with Crippen LogP contribution in [-0.4, -0.2) is 302 Å². The summed E-state index contributed by atoms with van der Waals surface area (Å²) in [5.41, 5.74) is 11.3. The summed E-state index contributed by atoms with van der Waals surface area (Å²) < 4.78 is 0. The summed E-state index contributed by atoms with van der Waals surface area (Å²) in [4.78, 5) is 34.6. The minimum Gasteiger partial charge on any atom is -0.396 e. The fourth-order valence-electron chi connectivity index (χ4n) is 10.5. The number of carbonyl (C=O) groups is 2. The number of nitrogens with two attached hydrogens (primary N) is 2. The van der Waals surface area contributed by atoms with Gasteiger partial charge in [-0.15, -0.1) is 0 Å². The van der Waals surface area contributed by atoms with Crippen LogP contribution in [0.2, 0.25) is 0 Å². The predicted octanol–water partition coefficient (Wildman–Crippen LogP) is 3.56. The van der Waals surface area contributed by atoms with Crippen molar-refractivity contribution in [3.05, 3.63) is 0 Å². The number of rotatable bonds is 77. The third-order valence-corrected chi connectivity index (χ3v) is 21.0. The second kappa shape index (κ2) is 72.0. The molecule has 0 aromatic carbocycles. The summed E-state index contributed by atoms with van der Waals surface area (Å²) in [6, 6.07) is 0. The summed E-state index contributed by atoms with van der Waals surface area (Å²) in [6.07, 6.45) is 25.6. The molecule has 92 heavy (non-hydrogen) atoms. The van der Waals surface area contributed by atoms with Gasteiger partial charge in [-0.25, -0.2) is 0 Å². The van der Waals surface area contributed by atoms with E-state index in [1.54, 1.807) is 32.4 Å². The number of nitrogens with zero attached hydrogens (tertiary/aromatic N) is 5. The van der Waals surface area contributed by atoms with Gasteiger partial charge in [0, 0.05) is 206 Å². The Balaban J connectivity index is 4.94. The van der Waals surface area contributed by atoms with Crippen molar-refractivity contribution in [2.24, 2.45) is 11.5 Å². The lowest BCUT2D eigenvalue weighted by Crippen LogP contribution is -2.43. The van der Waals surface area contributed by atoms with E-state index in [9.17, 15) is 50.4 Å². The summed E-state index contributed by atoms with van der Waals surface area (Å²) in [5, 5.41) is 101. The van der Waals surface area contributed by atoms with Crippen LogP contribution in [-0.2, 0) is 9.59 Å². The van der Waals surface area contributed by atoms with Gasteiger partial charge < -0.3 is 92.2 Å². The maximum atomic E-state index is 12.5. The molecule has 0 spiro atoms. The molecule has 0 fully saturated rings. The molecule has 0 saturated carbocycles. The third-order valence-electron chi connectivity index (χ3n) is 16.1. The first-order valence-corrected chi connectivity index (χ1v) is 41.0. The molecule has 23 nitrogen and oxygen atoms in total. The Bertz CT molecular complexity index is 1530. The van der Waals surface area contributed by atoms with Gasteiger partial charge in [-0.3, -0.25) is 26.1 Å². The highest BCUT2D eigenvalue weighted by atomic mass is 33.1. The molecule has 0 radical (unpaired) electrons. The van der Waals surface area contributed by atoms with Crippen LogP contribution in [0.1, 0.15) is 180 Å². The Morgan fingerprint density at radius 2 is 0.793 bits per heavy atom. The van der Waals surface area contributed by atoms with Gasteiger partial charge in [0.1, 0.15) is 37.4 Å². The van der Waals surface area contributed by atoms with Crippen molar-refractivity contribution >= 4 is 55.4 Å². The van der Waals surface area contributed by atoms with E-state index < -0.39 is 31.1 Å². The number of nitrogens with one attached hydrogen (secondary N) is 6. The van der Waals surface area contributed by atoms with Gasteiger partial charge in [0.2, 0.25) is 5.91 Å².